The van der Waals surface area contributed by atoms with Crippen LogP contribution in [0.15, 0.2) is 24.3 Å². The summed E-state index contributed by atoms with van der Waals surface area (Å²) in [5.41, 5.74) is 0.907. The van der Waals surface area contributed by atoms with Crippen molar-refractivity contribution in [3.05, 3.63) is 29.8 Å². The summed E-state index contributed by atoms with van der Waals surface area (Å²) in [6.45, 7) is 0. The van der Waals surface area contributed by atoms with Crippen LogP contribution in [0.3, 0.4) is 0 Å². The Labute approximate surface area is 69.9 Å². The van der Waals surface area contributed by atoms with E-state index in [0.717, 1.165) is 0 Å². The van der Waals surface area contributed by atoms with E-state index < -0.39 is 7.12 Å². The number of hydrogen-bond donors (Lipinski definition) is 2. The van der Waals surface area contributed by atoms with Crippen molar-refractivity contribution in [2.24, 2.45) is 0 Å². The SMILES string of the molecule is O.O=Cc1ccc(B(O)O)cc1. The monoisotopic (exact) mass is 168 g/mol. The van der Waals surface area contributed by atoms with Crippen molar-refractivity contribution in [3.8, 4) is 0 Å². The lowest BCUT2D eigenvalue weighted by Gasteiger charge is -1.97. The van der Waals surface area contributed by atoms with Crippen molar-refractivity contribution in [1.29, 1.82) is 0 Å². The van der Waals surface area contributed by atoms with Gasteiger partial charge in [0.15, 0.2) is 0 Å². The minimum absolute atomic E-state index is 0. The van der Waals surface area contributed by atoms with Gasteiger partial charge in [-0.05, 0) is 5.46 Å². The highest BCUT2D eigenvalue weighted by molar-refractivity contribution is 6.58. The molecule has 0 atom stereocenters. The van der Waals surface area contributed by atoms with Crippen LogP contribution in [0.1, 0.15) is 10.4 Å². The van der Waals surface area contributed by atoms with Crippen LogP contribution in [0.25, 0.3) is 0 Å². The lowest BCUT2D eigenvalue weighted by Crippen LogP contribution is -2.29. The van der Waals surface area contributed by atoms with Crippen LogP contribution in [0.2, 0.25) is 0 Å². The average Bonchev–Trinajstić information content (AvgIpc) is 2.05. The van der Waals surface area contributed by atoms with Gasteiger partial charge in [-0.15, -0.1) is 0 Å². The summed E-state index contributed by atoms with van der Waals surface area (Å²) in [4.78, 5) is 10.2. The largest absolute Gasteiger partial charge is 0.488 e. The fourth-order valence-electron chi connectivity index (χ4n) is 0.747. The van der Waals surface area contributed by atoms with Gasteiger partial charge in [-0.3, -0.25) is 4.79 Å². The highest BCUT2D eigenvalue weighted by Crippen LogP contribution is 1.91. The van der Waals surface area contributed by atoms with E-state index in [2.05, 4.69) is 0 Å². The van der Waals surface area contributed by atoms with E-state index >= 15 is 0 Å². The molecule has 1 aromatic rings. The molecule has 0 aliphatic heterocycles. The summed E-state index contributed by atoms with van der Waals surface area (Å²) in [6.07, 6.45) is 0.702. The summed E-state index contributed by atoms with van der Waals surface area (Å²) in [7, 11) is -1.46. The molecule has 0 unspecified atom stereocenters. The molecule has 0 aliphatic rings. The van der Waals surface area contributed by atoms with E-state index in [4.69, 9.17) is 10.0 Å². The Morgan fingerprint density at radius 1 is 1.17 bits per heavy atom. The third-order valence-corrected chi connectivity index (χ3v) is 1.37. The molecule has 1 rings (SSSR count). The second kappa shape index (κ2) is 4.66. The van der Waals surface area contributed by atoms with Gasteiger partial charge >= 0.3 is 7.12 Å². The summed E-state index contributed by atoms with van der Waals surface area (Å²) >= 11 is 0. The number of carbonyl (C=O) groups excluding carboxylic acids is 1. The Balaban J connectivity index is 0.00000121. The van der Waals surface area contributed by atoms with Gasteiger partial charge < -0.3 is 15.5 Å². The molecule has 0 aromatic heterocycles. The van der Waals surface area contributed by atoms with Crippen LogP contribution in [-0.2, 0) is 0 Å². The molecular formula is C7H9BO4. The van der Waals surface area contributed by atoms with Gasteiger partial charge in [0, 0.05) is 5.56 Å². The van der Waals surface area contributed by atoms with Crippen molar-refractivity contribution in [2.75, 3.05) is 0 Å². The maximum Gasteiger partial charge on any atom is 0.488 e. The predicted molar refractivity (Wildman–Crippen MR) is 45.3 cm³/mol. The zero-order chi connectivity index (χ0) is 8.27. The van der Waals surface area contributed by atoms with Gasteiger partial charge in [-0.2, -0.15) is 0 Å². The number of hydrogen-bond acceptors (Lipinski definition) is 3. The van der Waals surface area contributed by atoms with E-state index in [9.17, 15) is 4.79 Å². The van der Waals surface area contributed by atoms with Gasteiger partial charge in [-0.1, -0.05) is 24.3 Å². The van der Waals surface area contributed by atoms with Crippen molar-refractivity contribution >= 4 is 18.9 Å². The summed E-state index contributed by atoms with van der Waals surface area (Å²) in [6, 6.07) is 6.05. The lowest BCUT2D eigenvalue weighted by molar-refractivity contribution is 0.112. The summed E-state index contributed by atoms with van der Waals surface area (Å²) in [5.74, 6) is 0. The minimum atomic E-state index is -1.46. The first-order valence-corrected chi connectivity index (χ1v) is 3.15. The number of benzene rings is 1. The lowest BCUT2D eigenvalue weighted by atomic mass is 9.80. The van der Waals surface area contributed by atoms with Gasteiger partial charge in [0.2, 0.25) is 0 Å². The fraction of sp³-hybridized carbons (Fsp3) is 0. The molecule has 0 heterocycles. The Hall–Kier alpha value is -1.17. The van der Waals surface area contributed by atoms with Crippen LogP contribution < -0.4 is 5.46 Å². The highest BCUT2D eigenvalue weighted by atomic mass is 16.4. The Morgan fingerprint density at radius 2 is 1.67 bits per heavy atom. The van der Waals surface area contributed by atoms with Gasteiger partial charge in [-0.25, -0.2) is 0 Å². The quantitative estimate of drug-likeness (QED) is 0.409. The number of aldehydes is 1. The average molecular weight is 168 g/mol. The Morgan fingerprint density at radius 3 is 2.00 bits per heavy atom. The maximum atomic E-state index is 10.2. The van der Waals surface area contributed by atoms with E-state index in [0.29, 0.717) is 17.3 Å². The number of rotatable bonds is 2. The molecule has 0 saturated carbocycles. The summed E-state index contributed by atoms with van der Waals surface area (Å²) in [5, 5.41) is 17.3. The van der Waals surface area contributed by atoms with Crippen LogP contribution in [0, 0.1) is 0 Å². The molecule has 0 spiro atoms. The van der Waals surface area contributed by atoms with Crippen molar-refractivity contribution in [2.45, 2.75) is 0 Å². The highest BCUT2D eigenvalue weighted by Gasteiger charge is 2.08. The maximum absolute atomic E-state index is 10.2. The Kier molecular flexibility index (Phi) is 4.21. The van der Waals surface area contributed by atoms with E-state index in [1.54, 1.807) is 0 Å². The van der Waals surface area contributed by atoms with Gasteiger partial charge in [0.05, 0.1) is 0 Å². The molecule has 0 bridgehead atoms. The fourth-order valence-corrected chi connectivity index (χ4v) is 0.747. The van der Waals surface area contributed by atoms with Crippen molar-refractivity contribution in [3.63, 3.8) is 0 Å². The molecular weight excluding hydrogens is 159 g/mol. The molecule has 64 valence electrons. The first-order chi connectivity index (χ1) is 5.24. The third kappa shape index (κ3) is 2.46. The molecule has 1 aromatic carbocycles. The zero-order valence-corrected chi connectivity index (χ0v) is 6.27. The molecule has 4 N–H and O–H groups in total. The standard InChI is InChI=1S/C7H7BO3.H2O/c9-5-6-1-3-7(4-2-6)8(10)11;/h1-5,10-11H;1H2. The molecule has 5 heteroatoms. The smallest absolute Gasteiger partial charge is 0.423 e. The topological polar surface area (TPSA) is 89.0 Å². The van der Waals surface area contributed by atoms with Crippen LogP contribution >= 0.6 is 0 Å². The molecule has 0 radical (unpaired) electrons. The number of carbonyl (C=O) groups is 1. The van der Waals surface area contributed by atoms with Gasteiger partial charge in [0.1, 0.15) is 6.29 Å². The molecule has 0 amide bonds. The third-order valence-electron chi connectivity index (χ3n) is 1.37. The molecule has 0 fully saturated rings. The van der Waals surface area contributed by atoms with Crippen molar-refractivity contribution < 1.29 is 20.3 Å². The summed E-state index contributed by atoms with van der Waals surface area (Å²) < 4.78 is 0. The van der Waals surface area contributed by atoms with Crippen LogP contribution in [-0.4, -0.2) is 28.9 Å². The molecule has 0 aliphatic carbocycles. The van der Waals surface area contributed by atoms with E-state index in [1.165, 1.54) is 24.3 Å². The van der Waals surface area contributed by atoms with E-state index in [1.807, 2.05) is 0 Å². The molecule has 4 nitrogen and oxygen atoms in total. The zero-order valence-electron chi connectivity index (χ0n) is 6.27. The second-order valence-electron chi connectivity index (χ2n) is 2.16. The predicted octanol–water partition coefficient (Wildman–Crippen LogP) is -1.65. The van der Waals surface area contributed by atoms with Gasteiger partial charge in [0.25, 0.3) is 0 Å². The van der Waals surface area contributed by atoms with E-state index in [-0.39, 0.29) is 5.48 Å². The molecule has 12 heavy (non-hydrogen) atoms. The Bertz CT molecular complexity index is 244. The first-order valence-electron chi connectivity index (χ1n) is 3.15. The normalized spacial score (nSPS) is 8.50. The minimum Gasteiger partial charge on any atom is -0.423 e. The van der Waals surface area contributed by atoms with Crippen molar-refractivity contribution in [1.82, 2.24) is 0 Å². The second-order valence-corrected chi connectivity index (χ2v) is 2.16. The first kappa shape index (κ1) is 10.8. The van der Waals surface area contributed by atoms with Crippen LogP contribution in [0.4, 0.5) is 0 Å². The molecule has 0 saturated heterocycles. The van der Waals surface area contributed by atoms with Crippen LogP contribution in [0.5, 0.6) is 0 Å².